The van der Waals surface area contributed by atoms with E-state index in [4.69, 9.17) is 0 Å². The highest BCUT2D eigenvalue weighted by Gasteiger charge is 2.18. The van der Waals surface area contributed by atoms with Crippen LogP contribution in [0.25, 0.3) is 0 Å². The predicted octanol–water partition coefficient (Wildman–Crippen LogP) is 4.62. The van der Waals surface area contributed by atoms with Crippen LogP contribution in [0.15, 0.2) is 11.4 Å². The second-order valence-corrected chi connectivity index (χ2v) is 5.38. The van der Waals surface area contributed by atoms with Crippen molar-refractivity contribution in [3.05, 3.63) is 17.0 Å². The third-order valence-electron chi connectivity index (χ3n) is 3.28. The lowest BCUT2D eigenvalue weighted by Crippen LogP contribution is -2.07. The molecule has 0 saturated heterocycles. The van der Waals surface area contributed by atoms with E-state index >= 15 is 0 Å². The molecule has 0 aliphatic heterocycles. The quantitative estimate of drug-likeness (QED) is 0.785. The van der Waals surface area contributed by atoms with Gasteiger partial charge in [0.25, 0.3) is 0 Å². The maximum Gasteiger partial charge on any atom is 0.0917 e. The van der Waals surface area contributed by atoms with Crippen molar-refractivity contribution in [2.75, 3.05) is 11.9 Å². The van der Waals surface area contributed by atoms with Gasteiger partial charge in [-0.05, 0) is 42.2 Å². The molecule has 1 aromatic heterocycles. The molecule has 0 radical (unpaired) electrons. The predicted molar refractivity (Wildman–Crippen MR) is 68.9 cm³/mol. The van der Waals surface area contributed by atoms with Gasteiger partial charge in [0.1, 0.15) is 0 Å². The topological polar surface area (TPSA) is 12.0 Å². The van der Waals surface area contributed by atoms with Gasteiger partial charge >= 0.3 is 0 Å². The molecule has 1 aliphatic carbocycles. The molecule has 1 aromatic rings. The zero-order valence-corrected chi connectivity index (χ0v) is 10.4. The molecule has 2 heteroatoms. The van der Waals surface area contributed by atoms with E-state index in [2.05, 4.69) is 23.7 Å². The summed E-state index contributed by atoms with van der Waals surface area (Å²) in [5.74, 6) is 0.837. The third-order valence-corrected chi connectivity index (χ3v) is 4.16. The van der Waals surface area contributed by atoms with E-state index in [1.165, 1.54) is 43.5 Å². The molecule has 1 saturated carbocycles. The zero-order chi connectivity index (χ0) is 10.5. The minimum atomic E-state index is 0.837. The van der Waals surface area contributed by atoms with Crippen LogP contribution in [0.3, 0.4) is 0 Å². The van der Waals surface area contributed by atoms with E-state index in [1.54, 1.807) is 5.56 Å². The molecule has 15 heavy (non-hydrogen) atoms. The second kappa shape index (κ2) is 5.55. The van der Waals surface area contributed by atoms with Crippen LogP contribution in [-0.2, 0) is 0 Å². The summed E-state index contributed by atoms with van der Waals surface area (Å²) in [6.07, 6.45) is 8.30. The van der Waals surface area contributed by atoms with Gasteiger partial charge in [-0.25, -0.2) is 0 Å². The summed E-state index contributed by atoms with van der Waals surface area (Å²) in [5, 5.41) is 7.23. The molecule has 0 atom stereocenters. The third kappa shape index (κ3) is 2.75. The maximum atomic E-state index is 3.56. The van der Waals surface area contributed by atoms with Gasteiger partial charge in [0.15, 0.2) is 0 Å². The van der Waals surface area contributed by atoms with Crippen molar-refractivity contribution in [3.63, 3.8) is 0 Å². The van der Waals surface area contributed by atoms with Crippen LogP contribution in [0.5, 0.6) is 0 Å². The molecule has 2 rings (SSSR count). The van der Waals surface area contributed by atoms with E-state index in [9.17, 15) is 0 Å². The minimum Gasteiger partial charge on any atom is -0.377 e. The highest BCUT2D eigenvalue weighted by molar-refractivity contribution is 7.14. The summed E-state index contributed by atoms with van der Waals surface area (Å²) in [4.78, 5) is 0. The SMILES string of the molecule is CCCNc1sccc1C1CCCCC1. The Hall–Kier alpha value is -0.500. The summed E-state index contributed by atoms with van der Waals surface area (Å²) in [6, 6.07) is 2.33. The van der Waals surface area contributed by atoms with Gasteiger partial charge in [0.2, 0.25) is 0 Å². The maximum absolute atomic E-state index is 3.56. The van der Waals surface area contributed by atoms with Crippen LogP contribution < -0.4 is 5.32 Å². The number of hydrogen-bond acceptors (Lipinski definition) is 2. The molecule has 0 unspecified atom stereocenters. The van der Waals surface area contributed by atoms with E-state index in [1.807, 2.05) is 11.3 Å². The highest BCUT2D eigenvalue weighted by Crippen LogP contribution is 2.38. The lowest BCUT2D eigenvalue weighted by Gasteiger charge is -2.22. The van der Waals surface area contributed by atoms with Crippen molar-refractivity contribution in [2.45, 2.75) is 51.4 Å². The van der Waals surface area contributed by atoms with E-state index < -0.39 is 0 Å². The lowest BCUT2D eigenvalue weighted by molar-refractivity contribution is 0.445. The van der Waals surface area contributed by atoms with Crippen LogP contribution in [0.1, 0.15) is 56.9 Å². The lowest BCUT2D eigenvalue weighted by atomic mass is 9.85. The molecular formula is C13H21NS. The molecule has 0 aromatic carbocycles. The van der Waals surface area contributed by atoms with Crippen LogP contribution in [0.4, 0.5) is 5.00 Å². The molecule has 1 N–H and O–H groups in total. The van der Waals surface area contributed by atoms with Gasteiger partial charge in [-0.2, -0.15) is 0 Å². The van der Waals surface area contributed by atoms with Crippen molar-refractivity contribution in [1.82, 2.24) is 0 Å². The standard InChI is InChI=1S/C13H21NS/c1-2-9-14-13-12(8-10-15-13)11-6-4-3-5-7-11/h8,10-11,14H,2-7,9H2,1H3. The van der Waals surface area contributed by atoms with Gasteiger partial charge in [0, 0.05) is 6.54 Å². The van der Waals surface area contributed by atoms with Crippen molar-refractivity contribution in [2.24, 2.45) is 0 Å². The Morgan fingerprint density at radius 1 is 1.33 bits per heavy atom. The van der Waals surface area contributed by atoms with E-state index in [0.29, 0.717) is 0 Å². The first kappa shape index (κ1) is 11.0. The Bertz CT molecular complexity index is 286. The fraction of sp³-hybridized carbons (Fsp3) is 0.692. The van der Waals surface area contributed by atoms with Crippen LogP contribution >= 0.6 is 11.3 Å². The normalized spacial score (nSPS) is 17.9. The number of nitrogens with one attached hydrogen (secondary N) is 1. The first-order valence-electron chi connectivity index (χ1n) is 6.23. The van der Waals surface area contributed by atoms with Gasteiger partial charge in [-0.1, -0.05) is 26.2 Å². The Labute approximate surface area is 96.9 Å². The summed E-state index contributed by atoms with van der Waals surface area (Å²) in [7, 11) is 0. The van der Waals surface area contributed by atoms with Crippen LogP contribution in [0.2, 0.25) is 0 Å². The Balaban J connectivity index is 2.02. The van der Waals surface area contributed by atoms with Crippen molar-refractivity contribution >= 4 is 16.3 Å². The molecular weight excluding hydrogens is 202 g/mol. The number of hydrogen-bond donors (Lipinski definition) is 1. The molecule has 0 bridgehead atoms. The average molecular weight is 223 g/mol. The summed E-state index contributed by atoms with van der Waals surface area (Å²) >= 11 is 1.87. The summed E-state index contributed by atoms with van der Waals surface area (Å²) < 4.78 is 0. The Morgan fingerprint density at radius 2 is 2.13 bits per heavy atom. The summed E-state index contributed by atoms with van der Waals surface area (Å²) in [6.45, 7) is 3.33. The van der Waals surface area contributed by atoms with E-state index in [-0.39, 0.29) is 0 Å². The van der Waals surface area contributed by atoms with Crippen molar-refractivity contribution < 1.29 is 0 Å². The van der Waals surface area contributed by atoms with E-state index in [0.717, 1.165) is 12.5 Å². The molecule has 0 amide bonds. The van der Waals surface area contributed by atoms with Crippen LogP contribution in [0, 0.1) is 0 Å². The summed E-state index contributed by atoms with van der Waals surface area (Å²) in [5.41, 5.74) is 1.59. The highest BCUT2D eigenvalue weighted by atomic mass is 32.1. The molecule has 84 valence electrons. The van der Waals surface area contributed by atoms with Crippen LogP contribution in [-0.4, -0.2) is 6.54 Å². The fourth-order valence-corrected chi connectivity index (χ4v) is 3.34. The van der Waals surface area contributed by atoms with Gasteiger partial charge in [-0.3, -0.25) is 0 Å². The second-order valence-electron chi connectivity index (χ2n) is 4.47. The van der Waals surface area contributed by atoms with Crippen molar-refractivity contribution in [3.8, 4) is 0 Å². The number of thiophene rings is 1. The fourth-order valence-electron chi connectivity index (χ4n) is 2.44. The largest absolute Gasteiger partial charge is 0.377 e. The molecule has 1 heterocycles. The first-order chi connectivity index (χ1) is 7.42. The zero-order valence-electron chi connectivity index (χ0n) is 9.59. The molecule has 0 spiro atoms. The Kier molecular flexibility index (Phi) is 4.07. The van der Waals surface area contributed by atoms with Gasteiger partial charge in [-0.15, -0.1) is 11.3 Å². The molecule has 1 aliphatic rings. The smallest absolute Gasteiger partial charge is 0.0917 e. The van der Waals surface area contributed by atoms with Gasteiger partial charge < -0.3 is 5.32 Å². The number of anilines is 1. The Morgan fingerprint density at radius 3 is 2.87 bits per heavy atom. The first-order valence-corrected chi connectivity index (χ1v) is 7.11. The minimum absolute atomic E-state index is 0.837. The monoisotopic (exact) mass is 223 g/mol. The van der Waals surface area contributed by atoms with Gasteiger partial charge in [0.05, 0.1) is 5.00 Å². The number of rotatable bonds is 4. The van der Waals surface area contributed by atoms with Crippen molar-refractivity contribution in [1.29, 1.82) is 0 Å². The molecule has 1 nitrogen and oxygen atoms in total. The molecule has 1 fully saturated rings. The average Bonchev–Trinajstić information content (AvgIpc) is 2.75.